The van der Waals surface area contributed by atoms with Gasteiger partial charge in [0.2, 0.25) is 0 Å². The van der Waals surface area contributed by atoms with E-state index in [-0.39, 0.29) is 12.0 Å². The molecule has 2 aliphatic rings. The Labute approximate surface area is 199 Å². The lowest BCUT2D eigenvalue weighted by Crippen LogP contribution is -2.46. The molecule has 0 spiro atoms. The third kappa shape index (κ3) is 6.50. The third-order valence-corrected chi connectivity index (χ3v) is 6.66. The van der Waals surface area contributed by atoms with E-state index in [1.54, 1.807) is 0 Å². The zero-order valence-corrected chi connectivity index (χ0v) is 20.3. The summed E-state index contributed by atoms with van der Waals surface area (Å²) in [5.74, 6) is 1.17. The summed E-state index contributed by atoms with van der Waals surface area (Å²) in [4.78, 5) is 20.1. The minimum absolute atomic E-state index is 0.168. The minimum atomic E-state index is 0.168. The summed E-state index contributed by atoms with van der Waals surface area (Å²) in [6, 6.07) is 16.6. The van der Waals surface area contributed by atoms with E-state index >= 15 is 0 Å². The fraction of sp³-hybridized carbons (Fsp3) is 0.536. The van der Waals surface area contributed by atoms with Crippen molar-refractivity contribution in [3.63, 3.8) is 0 Å². The summed E-state index contributed by atoms with van der Waals surface area (Å²) in [6.45, 7) is 10.8. The van der Waals surface area contributed by atoms with Crippen molar-refractivity contribution >= 4 is 11.6 Å². The van der Waals surface area contributed by atoms with Gasteiger partial charge in [-0.05, 0) is 56.5 Å². The van der Waals surface area contributed by atoms with Crippen LogP contribution in [0.4, 0.5) is 5.69 Å². The second-order valence-corrected chi connectivity index (χ2v) is 9.66. The molecule has 0 aromatic heterocycles. The van der Waals surface area contributed by atoms with Crippen molar-refractivity contribution in [2.24, 2.45) is 0 Å². The van der Waals surface area contributed by atoms with E-state index in [0.717, 1.165) is 70.0 Å². The van der Waals surface area contributed by atoms with Gasteiger partial charge in [0.15, 0.2) is 0 Å². The zero-order valence-electron chi connectivity index (χ0n) is 20.3. The highest BCUT2D eigenvalue weighted by Gasteiger charge is 2.21. The van der Waals surface area contributed by atoms with Crippen molar-refractivity contribution in [1.82, 2.24) is 9.80 Å². The van der Waals surface area contributed by atoms with E-state index in [2.05, 4.69) is 58.9 Å². The predicted molar refractivity (Wildman–Crippen MR) is 135 cm³/mol. The quantitative estimate of drug-likeness (QED) is 0.607. The first-order chi connectivity index (χ1) is 16.1. The Balaban J connectivity index is 1.34. The maximum atomic E-state index is 13.1. The highest BCUT2D eigenvalue weighted by atomic mass is 16.5. The molecule has 2 heterocycles. The molecule has 2 aromatic carbocycles. The summed E-state index contributed by atoms with van der Waals surface area (Å²) >= 11 is 0. The van der Waals surface area contributed by atoms with Gasteiger partial charge in [0.05, 0.1) is 11.8 Å². The zero-order chi connectivity index (χ0) is 23.0. The Morgan fingerprint density at radius 1 is 0.848 bits per heavy atom. The van der Waals surface area contributed by atoms with Crippen LogP contribution in [0, 0.1) is 0 Å². The topological polar surface area (TPSA) is 36.0 Å². The van der Waals surface area contributed by atoms with E-state index < -0.39 is 0 Å². The molecule has 0 bridgehead atoms. The summed E-state index contributed by atoms with van der Waals surface area (Å²) in [6.07, 6.45) is 6.21. The Bertz CT molecular complexity index is 898. The fourth-order valence-electron chi connectivity index (χ4n) is 4.91. The first kappa shape index (κ1) is 23.6. The molecule has 4 rings (SSSR count). The smallest absolute Gasteiger partial charge is 0.253 e. The number of likely N-dealkylation sites (tertiary alicyclic amines) is 1. The molecule has 2 saturated heterocycles. The maximum Gasteiger partial charge on any atom is 0.253 e. The first-order valence-electron chi connectivity index (χ1n) is 12.7. The van der Waals surface area contributed by atoms with Crippen LogP contribution in [0.3, 0.4) is 0 Å². The first-order valence-corrected chi connectivity index (χ1v) is 12.7. The third-order valence-electron chi connectivity index (χ3n) is 6.66. The molecule has 0 atom stereocenters. The largest absolute Gasteiger partial charge is 0.489 e. The van der Waals surface area contributed by atoms with Gasteiger partial charge < -0.3 is 14.5 Å². The number of anilines is 1. The number of nitrogens with zero attached hydrogens (tertiary/aromatic N) is 3. The molecule has 33 heavy (non-hydrogen) atoms. The van der Waals surface area contributed by atoms with Crippen molar-refractivity contribution in [3.05, 3.63) is 59.7 Å². The lowest BCUT2D eigenvalue weighted by Gasteiger charge is -2.37. The van der Waals surface area contributed by atoms with Crippen molar-refractivity contribution in [3.8, 4) is 5.75 Å². The van der Waals surface area contributed by atoms with Gasteiger partial charge in [-0.25, -0.2) is 0 Å². The van der Waals surface area contributed by atoms with Crippen LogP contribution < -0.4 is 9.64 Å². The monoisotopic (exact) mass is 449 g/mol. The van der Waals surface area contributed by atoms with Gasteiger partial charge in [-0.3, -0.25) is 9.69 Å². The molecule has 0 aliphatic carbocycles. The van der Waals surface area contributed by atoms with E-state index in [9.17, 15) is 4.79 Å². The molecule has 0 saturated carbocycles. The van der Waals surface area contributed by atoms with Crippen LogP contribution in [0.5, 0.6) is 5.75 Å². The van der Waals surface area contributed by atoms with E-state index in [1.165, 1.54) is 30.5 Å². The number of hydrogen-bond acceptors (Lipinski definition) is 4. The van der Waals surface area contributed by atoms with Gasteiger partial charge >= 0.3 is 0 Å². The minimum Gasteiger partial charge on any atom is -0.489 e. The molecular formula is C28H39N3O2. The standard InChI is InChI=1S/C28H39N3O2/c1-23(2)33-27-14-7-6-13-26(27)30-19-17-29(18-20-30)22-24-11-10-12-25(21-24)28(32)31-15-8-4-3-5-9-16-31/h6-7,10-14,21,23H,3-5,8-9,15-20,22H2,1-2H3. The number of para-hydroxylation sites is 2. The Morgan fingerprint density at radius 2 is 1.55 bits per heavy atom. The van der Waals surface area contributed by atoms with Crippen LogP contribution in [0.15, 0.2) is 48.5 Å². The summed E-state index contributed by atoms with van der Waals surface area (Å²) < 4.78 is 6.03. The second kappa shape index (κ2) is 11.6. The number of piperazine rings is 1. The molecule has 2 aliphatic heterocycles. The summed E-state index contributed by atoms with van der Waals surface area (Å²) in [5, 5.41) is 0. The molecule has 1 amide bonds. The molecular weight excluding hydrogens is 410 g/mol. The summed E-state index contributed by atoms with van der Waals surface area (Å²) in [5.41, 5.74) is 3.25. The van der Waals surface area contributed by atoms with Gasteiger partial charge in [0, 0.05) is 51.4 Å². The van der Waals surface area contributed by atoms with Crippen molar-refractivity contribution < 1.29 is 9.53 Å². The van der Waals surface area contributed by atoms with Crippen LogP contribution in [0.1, 0.15) is 61.9 Å². The Kier molecular flexibility index (Phi) is 8.27. The van der Waals surface area contributed by atoms with Crippen LogP contribution >= 0.6 is 0 Å². The van der Waals surface area contributed by atoms with Gasteiger partial charge in [-0.15, -0.1) is 0 Å². The van der Waals surface area contributed by atoms with Crippen LogP contribution in [-0.4, -0.2) is 61.1 Å². The molecule has 178 valence electrons. The normalized spacial score (nSPS) is 18.2. The molecule has 0 radical (unpaired) electrons. The van der Waals surface area contributed by atoms with Gasteiger partial charge in [-0.2, -0.15) is 0 Å². The number of rotatable bonds is 6. The Hall–Kier alpha value is -2.53. The predicted octanol–water partition coefficient (Wildman–Crippen LogP) is 5.20. The number of carbonyl (C=O) groups excluding carboxylic acids is 1. The highest BCUT2D eigenvalue weighted by molar-refractivity contribution is 5.94. The lowest BCUT2D eigenvalue weighted by atomic mass is 10.1. The van der Waals surface area contributed by atoms with Gasteiger partial charge in [-0.1, -0.05) is 43.5 Å². The van der Waals surface area contributed by atoms with Crippen LogP contribution in [0.2, 0.25) is 0 Å². The molecule has 5 heteroatoms. The van der Waals surface area contributed by atoms with E-state index in [1.807, 2.05) is 18.2 Å². The highest BCUT2D eigenvalue weighted by Crippen LogP contribution is 2.30. The number of benzene rings is 2. The molecule has 2 aromatic rings. The van der Waals surface area contributed by atoms with Gasteiger partial charge in [0.1, 0.15) is 5.75 Å². The number of amides is 1. The van der Waals surface area contributed by atoms with E-state index in [0.29, 0.717) is 0 Å². The number of hydrogen-bond donors (Lipinski definition) is 0. The van der Waals surface area contributed by atoms with Crippen molar-refractivity contribution in [1.29, 1.82) is 0 Å². The molecule has 0 N–H and O–H groups in total. The molecule has 2 fully saturated rings. The molecule has 5 nitrogen and oxygen atoms in total. The maximum absolute atomic E-state index is 13.1. The second-order valence-electron chi connectivity index (χ2n) is 9.66. The van der Waals surface area contributed by atoms with E-state index in [4.69, 9.17) is 4.74 Å². The van der Waals surface area contributed by atoms with Crippen molar-refractivity contribution in [2.45, 2.75) is 58.6 Å². The fourth-order valence-corrected chi connectivity index (χ4v) is 4.91. The van der Waals surface area contributed by atoms with Gasteiger partial charge in [0.25, 0.3) is 5.91 Å². The average molecular weight is 450 g/mol. The number of ether oxygens (including phenoxy) is 1. The Morgan fingerprint density at radius 3 is 2.27 bits per heavy atom. The van der Waals surface area contributed by atoms with Crippen LogP contribution in [0.25, 0.3) is 0 Å². The SMILES string of the molecule is CC(C)Oc1ccccc1N1CCN(Cc2cccc(C(=O)N3CCCCCCC3)c2)CC1. The lowest BCUT2D eigenvalue weighted by molar-refractivity contribution is 0.0742. The van der Waals surface area contributed by atoms with Crippen LogP contribution in [-0.2, 0) is 6.54 Å². The van der Waals surface area contributed by atoms with Crippen molar-refractivity contribution in [2.75, 3.05) is 44.2 Å². The molecule has 0 unspecified atom stereocenters. The summed E-state index contributed by atoms with van der Waals surface area (Å²) in [7, 11) is 0. The number of carbonyl (C=O) groups is 1. The average Bonchev–Trinajstić information content (AvgIpc) is 2.79.